The summed E-state index contributed by atoms with van der Waals surface area (Å²) in [6, 6.07) is 18.2. The first-order valence-electron chi connectivity index (χ1n) is 12.1. The van der Waals surface area contributed by atoms with E-state index in [0.717, 1.165) is 53.1 Å². The molecule has 0 saturated carbocycles. The van der Waals surface area contributed by atoms with Crippen LogP contribution >= 0.6 is 0 Å². The van der Waals surface area contributed by atoms with Crippen molar-refractivity contribution in [3.05, 3.63) is 77.7 Å². The number of aryl methyl sites for hydroxylation is 2. The minimum absolute atomic E-state index is 0.199. The number of nitrogens with one attached hydrogen (secondary N) is 1. The number of hydrogen-bond donors (Lipinski definition) is 1. The van der Waals surface area contributed by atoms with Gasteiger partial charge in [0.1, 0.15) is 5.75 Å². The number of benzene rings is 3. The van der Waals surface area contributed by atoms with Crippen LogP contribution in [0, 0.1) is 13.8 Å². The molecule has 4 aromatic rings. The minimum atomic E-state index is -3.76. The van der Waals surface area contributed by atoms with Gasteiger partial charge < -0.3 is 14.1 Å². The number of rotatable bonds is 7. The Labute approximate surface area is 217 Å². The first kappa shape index (κ1) is 25.0. The lowest BCUT2D eigenvalue weighted by atomic mass is 9.97. The van der Waals surface area contributed by atoms with Gasteiger partial charge in [-0.1, -0.05) is 18.2 Å². The topological polar surface area (TPSA) is 97.6 Å². The first-order valence-corrected chi connectivity index (χ1v) is 13.6. The molecule has 0 bridgehead atoms. The molecule has 0 aliphatic carbocycles. The molecular formula is C28H30N4O4S. The molecule has 1 aromatic heterocycles. The fraction of sp³-hybridized carbons (Fsp3) is 0.286. The van der Waals surface area contributed by atoms with Gasteiger partial charge in [-0.15, -0.1) is 10.2 Å². The second-order valence-corrected chi connectivity index (χ2v) is 11.2. The largest absolute Gasteiger partial charge is 0.496 e. The molecule has 2 heterocycles. The van der Waals surface area contributed by atoms with E-state index in [-0.39, 0.29) is 4.90 Å². The molecule has 8 nitrogen and oxygen atoms in total. The van der Waals surface area contributed by atoms with Gasteiger partial charge in [-0.3, -0.25) is 4.72 Å². The van der Waals surface area contributed by atoms with Gasteiger partial charge in [-0.05, 0) is 86.1 Å². The number of likely N-dealkylation sites (N-methyl/N-ethyl adjacent to an activating group) is 1. The van der Waals surface area contributed by atoms with Crippen LogP contribution in [-0.2, 0) is 10.0 Å². The SMILES string of the molecule is COc1ccc(NS(=O)(=O)c2ccc(-c3ccc(-c4nnc(C)o4)cc3C)cc2)cc1C1CCN(C)C1. The summed E-state index contributed by atoms with van der Waals surface area (Å²) in [6.45, 7) is 5.68. The number of ether oxygens (including phenoxy) is 1. The molecule has 192 valence electrons. The van der Waals surface area contributed by atoms with Crippen molar-refractivity contribution in [3.8, 4) is 28.3 Å². The highest BCUT2D eigenvalue weighted by atomic mass is 32.2. The maximum atomic E-state index is 13.2. The average Bonchev–Trinajstić information content (AvgIpc) is 3.52. The Hall–Kier alpha value is -3.69. The van der Waals surface area contributed by atoms with Crippen molar-refractivity contribution in [3.63, 3.8) is 0 Å². The summed E-state index contributed by atoms with van der Waals surface area (Å²) in [5, 5.41) is 7.96. The molecule has 1 fully saturated rings. The van der Waals surface area contributed by atoms with E-state index in [0.29, 0.717) is 23.4 Å². The predicted molar refractivity (Wildman–Crippen MR) is 143 cm³/mol. The molecule has 1 aliphatic heterocycles. The molecule has 5 rings (SSSR count). The van der Waals surface area contributed by atoms with Gasteiger partial charge in [0.15, 0.2) is 0 Å². The lowest BCUT2D eigenvalue weighted by Gasteiger charge is -2.17. The van der Waals surface area contributed by atoms with Gasteiger partial charge >= 0.3 is 0 Å². The van der Waals surface area contributed by atoms with E-state index in [1.54, 1.807) is 32.2 Å². The number of nitrogens with zero attached hydrogens (tertiary/aromatic N) is 3. The molecule has 9 heteroatoms. The van der Waals surface area contributed by atoms with E-state index in [9.17, 15) is 8.42 Å². The highest BCUT2D eigenvalue weighted by Crippen LogP contribution is 2.36. The third kappa shape index (κ3) is 5.23. The van der Waals surface area contributed by atoms with Crippen molar-refractivity contribution >= 4 is 15.7 Å². The number of sulfonamides is 1. The van der Waals surface area contributed by atoms with E-state index in [4.69, 9.17) is 9.15 Å². The van der Waals surface area contributed by atoms with Crippen LogP contribution in [0.2, 0.25) is 0 Å². The van der Waals surface area contributed by atoms with E-state index in [2.05, 4.69) is 26.9 Å². The quantitative estimate of drug-likeness (QED) is 0.357. The van der Waals surface area contributed by atoms with Crippen molar-refractivity contribution in [2.24, 2.45) is 0 Å². The highest BCUT2D eigenvalue weighted by molar-refractivity contribution is 7.92. The zero-order valence-electron chi connectivity index (χ0n) is 21.4. The Bertz CT molecular complexity index is 1530. The molecule has 37 heavy (non-hydrogen) atoms. The molecule has 0 spiro atoms. The zero-order valence-corrected chi connectivity index (χ0v) is 22.2. The minimum Gasteiger partial charge on any atom is -0.496 e. The summed E-state index contributed by atoms with van der Waals surface area (Å²) in [5.74, 6) is 2.07. The third-order valence-electron chi connectivity index (χ3n) is 6.79. The van der Waals surface area contributed by atoms with Crippen molar-refractivity contribution in [1.29, 1.82) is 0 Å². The summed E-state index contributed by atoms with van der Waals surface area (Å²) < 4.78 is 40.2. The van der Waals surface area contributed by atoms with Crippen molar-refractivity contribution < 1.29 is 17.6 Å². The third-order valence-corrected chi connectivity index (χ3v) is 8.19. The monoisotopic (exact) mass is 518 g/mol. The second-order valence-electron chi connectivity index (χ2n) is 9.49. The van der Waals surface area contributed by atoms with Gasteiger partial charge in [0.25, 0.3) is 10.0 Å². The summed E-state index contributed by atoms with van der Waals surface area (Å²) in [4.78, 5) is 2.47. The van der Waals surface area contributed by atoms with Gasteiger partial charge in [0.05, 0.1) is 12.0 Å². The van der Waals surface area contributed by atoms with Gasteiger partial charge in [-0.2, -0.15) is 0 Å². The number of likely N-dealkylation sites (tertiary alicyclic amines) is 1. The maximum absolute atomic E-state index is 13.2. The summed E-state index contributed by atoms with van der Waals surface area (Å²) >= 11 is 0. The second kappa shape index (κ2) is 9.99. The molecule has 1 atom stereocenters. The Morgan fingerprint density at radius 2 is 1.76 bits per heavy atom. The smallest absolute Gasteiger partial charge is 0.261 e. The van der Waals surface area contributed by atoms with E-state index < -0.39 is 10.0 Å². The average molecular weight is 519 g/mol. The zero-order chi connectivity index (χ0) is 26.2. The van der Waals surface area contributed by atoms with Crippen LogP contribution in [0.15, 0.2) is 70.0 Å². The molecule has 0 radical (unpaired) electrons. The summed E-state index contributed by atoms with van der Waals surface area (Å²) in [5.41, 5.74) is 5.33. The van der Waals surface area contributed by atoms with Crippen molar-refractivity contribution in [2.45, 2.75) is 31.1 Å². The van der Waals surface area contributed by atoms with Crippen molar-refractivity contribution in [2.75, 3.05) is 32.0 Å². The molecule has 1 N–H and O–H groups in total. The van der Waals surface area contributed by atoms with Gasteiger partial charge in [0.2, 0.25) is 11.8 Å². The lowest BCUT2D eigenvalue weighted by Crippen LogP contribution is -2.15. The fourth-order valence-electron chi connectivity index (χ4n) is 4.87. The summed E-state index contributed by atoms with van der Waals surface area (Å²) in [6.07, 6.45) is 1.01. The number of methoxy groups -OCH3 is 1. The number of hydrogen-bond acceptors (Lipinski definition) is 7. The van der Waals surface area contributed by atoms with Crippen LogP contribution in [0.1, 0.15) is 29.4 Å². The van der Waals surface area contributed by atoms with E-state index in [1.165, 1.54) is 0 Å². The van der Waals surface area contributed by atoms with Crippen LogP contribution in [0.25, 0.3) is 22.6 Å². The van der Waals surface area contributed by atoms with Crippen LogP contribution in [0.3, 0.4) is 0 Å². The lowest BCUT2D eigenvalue weighted by molar-refractivity contribution is 0.395. The Balaban J connectivity index is 1.36. The number of anilines is 1. The molecule has 1 saturated heterocycles. The van der Waals surface area contributed by atoms with Gasteiger partial charge in [-0.25, -0.2) is 8.42 Å². The van der Waals surface area contributed by atoms with Crippen LogP contribution in [0.4, 0.5) is 5.69 Å². The van der Waals surface area contributed by atoms with Crippen LogP contribution < -0.4 is 9.46 Å². The Kier molecular flexibility index (Phi) is 6.74. The molecule has 1 unspecified atom stereocenters. The van der Waals surface area contributed by atoms with E-state index in [1.807, 2.05) is 49.4 Å². The maximum Gasteiger partial charge on any atom is 0.261 e. The van der Waals surface area contributed by atoms with E-state index >= 15 is 0 Å². The normalized spacial score (nSPS) is 16.2. The highest BCUT2D eigenvalue weighted by Gasteiger charge is 2.25. The predicted octanol–water partition coefficient (Wildman–Crippen LogP) is 5.25. The van der Waals surface area contributed by atoms with Crippen LogP contribution in [0.5, 0.6) is 5.75 Å². The molecular weight excluding hydrogens is 488 g/mol. The van der Waals surface area contributed by atoms with Gasteiger partial charge in [0, 0.05) is 36.2 Å². The number of aromatic nitrogens is 2. The molecule has 0 amide bonds. The standard InChI is InChI=1S/C28H30N4O4S/c1-18-15-21(28-30-29-19(2)36-28)7-11-25(18)20-5-9-24(10-6-20)37(33,34)31-23-8-12-27(35-4)26(16-23)22-13-14-32(3)17-22/h5-12,15-16,22,31H,13-14,17H2,1-4H3. The van der Waals surface area contributed by atoms with Crippen molar-refractivity contribution in [1.82, 2.24) is 15.1 Å². The molecule has 1 aliphatic rings. The van der Waals surface area contributed by atoms with Crippen LogP contribution in [-0.4, -0.2) is 50.8 Å². The Morgan fingerprint density at radius 3 is 2.38 bits per heavy atom. The molecule has 3 aromatic carbocycles. The fourth-order valence-corrected chi connectivity index (χ4v) is 5.92. The first-order chi connectivity index (χ1) is 17.7. The summed E-state index contributed by atoms with van der Waals surface area (Å²) in [7, 11) is -0.0288. The Morgan fingerprint density at radius 1 is 1.00 bits per heavy atom.